The maximum absolute atomic E-state index is 12.7. The molecule has 0 saturated carbocycles. The maximum Gasteiger partial charge on any atom is 0.305 e. The van der Waals surface area contributed by atoms with Crippen LogP contribution in [0.2, 0.25) is 0 Å². The lowest BCUT2D eigenvalue weighted by Crippen LogP contribution is -2.34. The summed E-state index contributed by atoms with van der Waals surface area (Å²) in [5.74, 6) is -0.336. The van der Waals surface area contributed by atoms with Gasteiger partial charge in [-0.2, -0.15) is 0 Å². The lowest BCUT2D eigenvalue weighted by Gasteiger charge is -2.22. The molecule has 0 fully saturated rings. The van der Waals surface area contributed by atoms with Gasteiger partial charge in [-0.15, -0.1) is 0 Å². The summed E-state index contributed by atoms with van der Waals surface area (Å²) in [5.41, 5.74) is 0. The molecule has 1 N–H and O–H groups in total. The van der Waals surface area contributed by atoms with E-state index < -0.39 is 0 Å². The van der Waals surface area contributed by atoms with E-state index in [4.69, 9.17) is 28.4 Å². The van der Waals surface area contributed by atoms with Crippen molar-refractivity contribution in [2.45, 2.75) is 273 Å². The van der Waals surface area contributed by atoms with Crippen LogP contribution in [-0.2, 0) is 38.0 Å². The molecule has 0 aromatic carbocycles. The highest BCUT2D eigenvalue weighted by atomic mass is 16.7. The standard InChI is InChI=1S/C53H106N2O8.C2H6/c1-6-11-15-19-23-29-46-60-52(61-47-30-24-20-16-12-7-2)37-35-50(56)58-44-33-27-41-55(43-40-54-39-10-5)42-28-34-45-59-51(57)36-38-53(62-48-31-25-21-17-13-8-3)63-49-32-26-22-18-14-9-4;1-2/h52-54H,6-49H2,1-5H3;1-2H3. The van der Waals surface area contributed by atoms with Gasteiger partial charge in [-0.1, -0.05) is 177 Å². The number of hydrogen-bond acceptors (Lipinski definition) is 10. The largest absolute Gasteiger partial charge is 0.466 e. The van der Waals surface area contributed by atoms with Gasteiger partial charge < -0.3 is 38.6 Å². The van der Waals surface area contributed by atoms with Crippen LogP contribution in [0.4, 0.5) is 0 Å². The van der Waals surface area contributed by atoms with Crippen LogP contribution < -0.4 is 5.32 Å². The number of unbranched alkanes of at least 4 members (excludes halogenated alkanes) is 22. The minimum atomic E-state index is -0.340. The smallest absolute Gasteiger partial charge is 0.305 e. The molecule has 0 unspecified atom stereocenters. The third-order valence-corrected chi connectivity index (χ3v) is 11.7. The summed E-state index contributed by atoms with van der Waals surface area (Å²) in [5, 5.41) is 3.53. The second kappa shape index (κ2) is 57.0. The van der Waals surface area contributed by atoms with E-state index in [1.807, 2.05) is 13.8 Å². The highest BCUT2D eigenvalue weighted by Gasteiger charge is 2.15. The van der Waals surface area contributed by atoms with Crippen LogP contribution in [0, 0.1) is 0 Å². The summed E-state index contributed by atoms with van der Waals surface area (Å²) in [4.78, 5) is 27.9. The van der Waals surface area contributed by atoms with Crippen LogP contribution in [0.3, 0.4) is 0 Å². The van der Waals surface area contributed by atoms with Crippen molar-refractivity contribution in [1.82, 2.24) is 10.2 Å². The van der Waals surface area contributed by atoms with Crippen molar-refractivity contribution in [3.63, 3.8) is 0 Å². The number of nitrogens with one attached hydrogen (secondary N) is 1. The van der Waals surface area contributed by atoms with Gasteiger partial charge in [0.05, 0.1) is 26.1 Å². The van der Waals surface area contributed by atoms with E-state index in [1.165, 1.54) is 128 Å². The Kier molecular flexibility index (Phi) is 57.7. The number of rotatable bonds is 53. The zero-order valence-corrected chi connectivity index (χ0v) is 44.5. The van der Waals surface area contributed by atoms with E-state index >= 15 is 0 Å². The minimum absolute atomic E-state index is 0.168. The Balaban J connectivity index is 0. The Morgan fingerprint density at radius 2 is 0.677 bits per heavy atom. The fraction of sp³-hybridized carbons (Fsp3) is 0.964. The first-order valence-electron chi connectivity index (χ1n) is 28.2. The fourth-order valence-electron chi connectivity index (χ4n) is 7.56. The molecule has 0 bridgehead atoms. The quantitative estimate of drug-likeness (QED) is 0.0360. The molecule has 0 aliphatic heterocycles. The van der Waals surface area contributed by atoms with E-state index in [0.29, 0.717) is 65.3 Å². The van der Waals surface area contributed by atoms with Gasteiger partial charge in [0.2, 0.25) is 0 Å². The van der Waals surface area contributed by atoms with Crippen LogP contribution in [0.25, 0.3) is 0 Å². The Labute approximate surface area is 404 Å². The molecule has 10 heteroatoms. The average Bonchev–Trinajstić information content (AvgIpc) is 3.32. The van der Waals surface area contributed by atoms with Crippen LogP contribution in [0.1, 0.15) is 260 Å². The monoisotopic (exact) mass is 929 g/mol. The predicted molar refractivity (Wildman–Crippen MR) is 275 cm³/mol. The van der Waals surface area contributed by atoms with Crippen molar-refractivity contribution in [3.05, 3.63) is 0 Å². The average molecular weight is 930 g/mol. The second-order valence-electron chi connectivity index (χ2n) is 17.9. The van der Waals surface area contributed by atoms with Crippen molar-refractivity contribution in [2.24, 2.45) is 0 Å². The zero-order chi connectivity index (χ0) is 47.9. The molecule has 0 amide bonds. The molecular formula is C55H112N2O8. The topological polar surface area (TPSA) is 105 Å². The molecule has 0 saturated heterocycles. The van der Waals surface area contributed by atoms with Crippen LogP contribution in [0.15, 0.2) is 0 Å². The summed E-state index contributed by atoms with van der Waals surface area (Å²) < 4.78 is 35.8. The van der Waals surface area contributed by atoms with Crippen LogP contribution >= 0.6 is 0 Å². The van der Waals surface area contributed by atoms with Gasteiger partial charge in [0.1, 0.15) is 0 Å². The maximum atomic E-state index is 12.7. The molecule has 0 radical (unpaired) electrons. The van der Waals surface area contributed by atoms with Gasteiger partial charge in [-0.3, -0.25) is 9.59 Å². The zero-order valence-electron chi connectivity index (χ0n) is 44.5. The molecule has 0 aliphatic carbocycles. The van der Waals surface area contributed by atoms with Crippen molar-refractivity contribution in [3.8, 4) is 0 Å². The third-order valence-electron chi connectivity index (χ3n) is 11.7. The highest BCUT2D eigenvalue weighted by Crippen LogP contribution is 2.14. The Bertz CT molecular complexity index is 826. The SMILES string of the molecule is CC.CCCCCCCCOC(CCC(=O)OCCCCN(CCCCOC(=O)CCC(OCCCCCCCC)OCCCCCCCC)CCNCCC)OCCCCCCCC. The number of carbonyl (C=O) groups is 2. The summed E-state index contributed by atoms with van der Waals surface area (Å²) >= 11 is 0. The molecular weight excluding hydrogens is 817 g/mol. The number of nitrogens with zero attached hydrogens (tertiary/aromatic N) is 1. The van der Waals surface area contributed by atoms with Gasteiger partial charge in [-0.25, -0.2) is 0 Å². The second-order valence-corrected chi connectivity index (χ2v) is 17.9. The Morgan fingerprint density at radius 3 is 1.00 bits per heavy atom. The van der Waals surface area contributed by atoms with E-state index in [-0.39, 0.29) is 24.5 Å². The Morgan fingerprint density at radius 1 is 0.369 bits per heavy atom. The molecule has 0 aromatic heterocycles. The summed E-state index contributed by atoms with van der Waals surface area (Å²) in [6, 6.07) is 0. The van der Waals surface area contributed by atoms with Gasteiger partial charge in [0, 0.05) is 52.4 Å². The summed E-state index contributed by atoms with van der Waals surface area (Å²) in [6.45, 7) is 23.6. The van der Waals surface area contributed by atoms with E-state index in [2.05, 4.69) is 44.8 Å². The number of carbonyl (C=O) groups excluding carboxylic acids is 2. The predicted octanol–water partition coefficient (Wildman–Crippen LogP) is 14.7. The molecule has 65 heavy (non-hydrogen) atoms. The first-order valence-corrected chi connectivity index (χ1v) is 28.2. The summed E-state index contributed by atoms with van der Waals surface area (Å²) in [6.07, 6.45) is 35.0. The summed E-state index contributed by atoms with van der Waals surface area (Å²) in [7, 11) is 0. The fourth-order valence-corrected chi connectivity index (χ4v) is 7.56. The molecule has 390 valence electrons. The number of esters is 2. The van der Waals surface area contributed by atoms with Crippen LogP contribution in [-0.4, -0.2) is 102 Å². The highest BCUT2D eigenvalue weighted by molar-refractivity contribution is 5.69. The molecule has 0 atom stereocenters. The molecule has 10 nitrogen and oxygen atoms in total. The van der Waals surface area contributed by atoms with Crippen molar-refractivity contribution < 1.29 is 38.0 Å². The first-order chi connectivity index (χ1) is 32.0. The normalized spacial score (nSPS) is 11.5. The van der Waals surface area contributed by atoms with Gasteiger partial charge in [0.25, 0.3) is 0 Å². The van der Waals surface area contributed by atoms with Gasteiger partial charge in [0.15, 0.2) is 12.6 Å². The number of ether oxygens (including phenoxy) is 6. The van der Waals surface area contributed by atoms with Crippen LogP contribution in [0.5, 0.6) is 0 Å². The van der Waals surface area contributed by atoms with E-state index in [9.17, 15) is 9.59 Å². The molecule has 0 aromatic rings. The third kappa shape index (κ3) is 51.9. The molecule has 0 heterocycles. The first kappa shape index (κ1) is 65.8. The van der Waals surface area contributed by atoms with E-state index in [0.717, 1.165) is 90.5 Å². The lowest BCUT2D eigenvalue weighted by atomic mass is 10.1. The lowest BCUT2D eigenvalue weighted by molar-refractivity contribution is -0.159. The van der Waals surface area contributed by atoms with Crippen molar-refractivity contribution in [2.75, 3.05) is 72.4 Å². The van der Waals surface area contributed by atoms with Crippen molar-refractivity contribution >= 4 is 11.9 Å². The number of hydrogen-bond donors (Lipinski definition) is 1. The van der Waals surface area contributed by atoms with Crippen molar-refractivity contribution in [1.29, 1.82) is 0 Å². The Hall–Kier alpha value is -1.30. The molecule has 0 spiro atoms. The van der Waals surface area contributed by atoms with Gasteiger partial charge in [-0.05, 0) is 77.4 Å². The van der Waals surface area contributed by atoms with Gasteiger partial charge >= 0.3 is 11.9 Å². The molecule has 0 aliphatic rings. The molecule has 0 rings (SSSR count). The van der Waals surface area contributed by atoms with E-state index in [1.54, 1.807) is 0 Å². The minimum Gasteiger partial charge on any atom is -0.466 e.